The summed E-state index contributed by atoms with van der Waals surface area (Å²) in [6.07, 6.45) is 1.75. The third-order valence-corrected chi connectivity index (χ3v) is 3.44. The van der Waals surface area contributed by atoms with Crippen molar-refractivity contribution in [3.8, 4) is 0 Å². The summed E-state index contributed by atoms with van der Waals surface area (Å²) in [7, 11) is -3.04. The summed E-state index contributed by atoms with van der Waals surface area (Å²) >= 11 is 0. The van der Waals surface area contributed by atoms with Crippen LogP contribution < -0.4 is 5.73 Å². The van der Waals surface area contributed by atoms with Gasteiger partial charge in [-0.2, -0.15) is 0 Å². The van der Waals surface area contributed by atoms with E-state index in [0.29, 0.717) is 12.8 Å². The molecule has 0 fully saturated rings. The fourth-order valence-electron chi connectivity index (χ4n) is 1.53. The molecule has 0 saturated carbocycles. The lowest BCUT2D eigenvalue weighted by Crippen LogP contribution is -2.14. The lowest BCUT2D eigenvalue weighted by atomic mass is 10.0. The van der Waals surface area contributed by atoms with Gasteiger partial charge in [-0.3, -0.25) is 0 Å². The molecule has 1 unspecified atom stereocenters. The Labute approximate surface area is 99.6 Å². The van der Waals surface area contributed by atoms with Gasteiger partial charge in [0.15, 0.2) is 11.6 Å². The first-order valence-corrected chi connectivity index (χ1v) is 7.24. The quantitative estimate of drug-likeness (QED) is 0.881. The molecule has 0 saturated heterocycles. The molecule has 2 N–H and O–H groups in total. The van der Waals surface area contributed by atoms with Crippen LogP contribution in [0.25, 0.3) is 0 Å². The first-order valence-electron chi connectivity index (χ1n) is 5.18. The molecule has 3 nitrogen and oxygen atoms in total. The second-order valence-corrected chi connectivity index (χ2v) is 6.28. The topological polar surface area (TPSA) is 60.2 Å². The van der Waals surface area contributed by atoms with E-state index in [0.717, 1.165) is 12.3 Å². The number of halogens is 2. The summed E-state index contributed by atoms with van der Waals surface area (Å²) < 4.78 is 48.1. The monoisotopic (exact) mass is 263 g/mol. The first-order chi connectivity index (χ1) is 7.81. The Kier molecular flexibility index (Phi) is 4.59. The van der Waals surface area contributed by atoms with E-state index in [4.69, 9.17) is 5.73 Å². The van der Waals surface area contributed by atoms with Gasteiger partial charge in [0.2, 0.25) is 0 Å². The Morgan fingerprint density at radius 2 is 2.00 bits per heavy atom. The van der Waals surface area contributed by atoms with Crippen LogP contribution >= 0.6 is 0 Å². The molecule has 0 bridgehead atoms. The lowest BCUT2D eigenvalue weighted by Gasteiger charge is -2.12. The molecule has 0 aromatic heterocycles. The van der Waals surface area contributed by atoms with E-state index in [1.54, 1.807) is 0 Å². The standard InChI is InChI=1S/C11H15F2NO2S/c1-17(15,16)7-3-6-10(14)8-4-2-5-9(12)11(8)13/h2,4-5,10H,3,6-7,14H2,1H3. The molecule has 1 aromatic rings. The molecule has 0 aliphatic carbocycles. The van der Waals surface area contributed by atoms with Gasteiger partial charge in [0.05, 0.1) is 0 Å². The number of rotatable bonds is 5. The molecule has 6 heteroatoms. The van der Waals surface area contributed by atoms with Crippen molar-refractivity contribution < 1.29 is 17.2 Å². The number of hydrogen-bond donors (Lipinski definition) is 1. The van der Waals surface area contributed by atoms with Gasteiger partial charge in [-0.25, -0.2) is 17.2 Å². The zero-order valence-corrected chi connectivity index (χ0v) is 10.3. The van der Waals surface area contributed by atoms with Gasteiger partial charge in [0, 0.05) is 23.6 Å². The molecule has 0 aliphatic rings. The normalized spacial score (nSPS) is 13.6. The lowest BCUT2D eigenvalue weighted by molar-refractivity contribution is 0.482. The smallest absolute Gasteiger partial charge is 0.163 e. The highest BCUT2D eigenvalue weighted by molar-refractivity contribution is 7.90. The number of benzene rings is 1. The largest absolute Gasteiger partial charge is 0.324 e. The predicted octanol–water partition coefficient (Wildman–Crippen LogP) is 1.79. The fourth-order valence-corrected chi connectivity index (χ4v) is 2.22. The van der Waals surface area contributed by atoms with Gasteiger partial charge in [-0.15, -0.1) is 0 Å². The van der Waals surface area contributed by atoms with Crippen LogP contribution in [0.5, 0.6) is 0 Å². The molecule has 0 amide bonds. The third-order valence-electron chi connectivity index (χ3n) is 2.41. The fraction of sp³-hybridized carbons (Fsp3) is 0.455. The zero-order chi connectivity index (χ0) is 13.1. The predicted molar refractivity (Wildman–Crippen MR) is 62.2 cm³/mol. The van der Waals surface area contributed by atoms with E-state index in [1.807, 2.05) is 0 Å². The maximum absolute atomic E-state index is 13.3. The van der Waals surface area contributed by atoms with Crippen molar-refractivity contribution >= 4 is 9.84 Å². The molecule has 0 spiro atoms. The second-order valence-electron chi connectivity index (χ2n) is 4.02. The van der Waals surface area contributed by atoms with Crippen LogP contribution in [0.4, 0.5) is 8.78 Å². The average Bonchev–Trinajstić information content (AvgIpc) is 2.20. The van der Waals surface area contributed by atoms with Crippen molar-refractivity contribution in [1.82, 2.24) is 0 Å². The van der Waals surface area contributed by atoms with E-state index < -0.39 is 27.5 Å². The molecule has 1 atom stereocenters. The van der Waals surface area contributed by atoms with Gasteiger partial charge < -0.3 is 5.73 Å². The van der Waals surface area contributed by atoms with Crippen molar-refractivity contribution in [1.29, 1.82) is 0 Å². The summed E-state index contributed by atoms with van der Waals surface area (Å²) in [5.41, 5.74) is 5.77. The molecule has 96 valence electrons. The summed E-state index contributed by atoms with van der Waals surface area (Å²) in [5, 5.41) is 0. The van der Waals surface area contributed by atoms with Gasteiger partial charge in [0.25, 0.3) is 0 Å². The summed E-state index contributed by atoms with van der Waals surface area (Å²) in [5.74, 6) is -1.90. The molecule has 0 aliphatic heterocycles. The van der Waals surface area contributed by atoms with Crippen molar-refractivity contribution in [3.05, 3.63) is 35.4 Å². The van der Waals surface area contributed by atoms with Crippen molar-refractivity contribution in [2.24, 2.45) is 5.73 Å². The molecular weight excluding hydrogens is 248 g/mol. The van der Waals surface area contributed by atoms with Gasteiger partial charge >= 0.3 is 0 Å². The second kappa shape index (κ2) is 5.55. The van der Waals surface area contributed by atoms with E-state index >= 15 is 0 Å². The third kappa shape index (κ3) is 4.40. The van der Waals surface area contributed by atoms with Crippen LogP contribution in [-0.2, 0) is 9.84 Å². The summed E-state index contributed by atoms with van der Waals surface area (Å²) in [4.78, 5) is 0. The molecule has 17 heavy (non-hydrogen) atoms. The maximum atomic E-state index is 13.3. The van der Waals surface area contributed by atoms with E-state index in [1.165, 1.54) is 12.1 Å². The molecule has 0 heterocycles. The minimum Gasteiger partial charge on any atom is -0.324 e. The minimum atomic E-state index is -3.04. The Hall–Kier alpha value is -1.01. The Bertz CT molecular complexity index is 488. The summed E-state index contributed by atoms with van der Waals surface area (Å²) in [6, 6.07) is 3.11. The minimum absolute atomic E-state index is 0.00235. The van der Waals surface area contributed by atoms with Crippen LogP contribution in [0.15, 0.2) is 18.2 Å². The van der Waals surface area contributed by atoms with Crippen molar-refractivity contribution in [3.63, 3.8) is 0 Å². The zero-order valence-electron chi connectivity index (χ0n) is 9.49. The van der Waals surface area contributed by atoms with E-state index in [2.05, 4.69) is 0 Å². The molecule has 0 radical (unpaired) electrons. The maximum Gasteiger partial charge on any atom is 0.163 e. The van der Waals surface area contributed by atoms with Crippen LogP contribution in [0.1, 0.15) is 24.4 Å². The average molecular weight is 263 g/mol. The van der Waals surface area contributed by atoms with Crippen molar-refractivity contribution in [2.75, 3.05) is 12.0 Å². The summed E-state index contributed by atoms with van der Waals surface area (Å²) in [6.45, 7) is 0. The van der Waals surface area contributed by atoms with Gasteiger partial charge in [-0.1, -0.05) is 12.1 Å². The SMILES string of the molecule is CS(=O)(=O)CCCC(N)c1cccc(F)c1F. The molecular formula is C11H15F2NO2S. The Morgan fingerprint density at radius 3 is 2.59 bits per heavy atom. The Morgan fingerprint density at radius 1 is 1.35 bits per heavy atom. The number of sulfone groups is 1. The highest BCUT2D eigenvalue weighted by Crippen LogP contribution is 2.21. The molecule has 1 rings (SSSR count). The van der Waals surface area contributed by atoms with Crippen LogP contribution in [0, 0.1) is 11.6 Å². The molecule has 1 aromatic carbocycles. The highest BCUT2D eigenvalue weighted by Gasteiger charge is 2.15. The van der Waals surface area contributed by atoms with Crippen LogP contribution in [-0.4, -0.2) is 20.4 Å². The Balaban J connectivity index is 2.64. The van der Waals surface area contributed by atoms with E-state index in [-0.39, 0.29) is 11.3 Å². The van der Waals surface area contributed by atoms with E-state index in [9.17, 15) is 17.2 Å². The number of nitrogens with two attached hydrogens (primary N) is 1. The first kappa shape index (κ1) is 14.1. The number of hydrogen-bond acceptors (Lipinski definition) is 3. The van der Waals surface area contributed by atoms with Gasteiger partial charge in [-0.05, 0) is 18.9 Å². The van der Waals surface area contributed by atoms with Crippen LogP contribution in [0.3, 0.4) is 0 Å². The van der Waals surface area contributed by atoms with Crippen molar-refractivity contribution in [2.45, 2.75) is 18.9 Å². The van der Waals surface area contributed by atoms with Crippen LogP contribution in [0.2, 0.25) is 0 Å². The highest BCUT2D eigenvalue weighted by atomic mass is 32.2. The van der Waals surface area contributed by atoms with Gasteiger partial charge in [0.1, 0.15) is 9.84 Å².